The summed E-state index contributed by atoms with van der Waals surface area (Å²) < 4.78 is 0. The summed E-state index contributed by atoms with van der Waals surface area (Å²) in [5, 5.41) is 12.3. The molecule has 112 valence electrons. The molecule has 5 nitrogen and oxygen atoms in total. The maximum Gasteiger partial charge on any atom is 0.182 e. The van der Waals surface area contributed by atoms with Gasteiger partial charge < -0.3 is 10.2 Å². The van der Waals surface area contributed by atoms with Gasteiger partial charge in [0.1, 0.15) is 6.07 Å². The molecule has 0 aliphatic carbocycles. The summed E-state index contributed by atoms with van der Waals surface area (Å²) in [6.45, 7) is 2.87. The maximum atomic E-state index is 9.07. The molecular formula is C17H19N5. The van der Waals surface area contributed by atoms with E-state index in [4.69, 9.17) is 5.26 Å². The number of anilines is 2. The molecule has 0 unspecified atom stereocenters. The van der Waals surface area contributed by atoms with E-state index in [1.54, 1.807) is 6.20 Å². The van der Waals surface area contributed by atoms with Crippen LogP contribution in [-0.2, 0) is 6.54 Å². The number of aromatic nitrogens is 2. The van der Waals surface area contributed by atoms with E-state index < -0.39 is 0 Å². The summed E-state index contributed by atoms with van der Waals surface area (Å²) in [5.41, 5.74) is 2.83. The topological polar surface area (TPSA) is 64.8 Å². The Balaban J connectivity index is 1.76. The molecule has 1 aromatic carbocycles. The molecular weight excluding hydrogens is 274 g/mol. The van der Waals surface area contributed by atoms with Crippen LogP contribution >= 0.6 is 0 Å². The summed E-state index contributed by atoms with van der Waals surface area (Å²) in [4.78, 5) is 10.7. The zero-order chi connectivity index (χ0) is 15.2. The highest BCUT2D eigenvalue weighted by molar-refractivity contribution is 5.56. The minimum atomic E-state index is 0.331. The van der Waals surface area contributed by atoms with Crippen LogP contribution in [0.2, 0.25) is 0 Å². The van der Waals surface area contributed by atoms with E-state index in [0.717, 1.165) is 13.1 Å². The quantitative estimate of drug-likeness (QED) is 0.939. The van der Waals surface area contributed by atoms with Crippen LogP contribution in [0.1, 0.15) is 30.5 Å². The van der Waals surface area contributed by atoms with Crippen molar-refractivity contribution in [2.24, 2.45) is 0 Å². The Morgan fingerprint density at radius 2 is 1.86 bits per heavy atom. The molecule has 1 aliphatic rings. The van der Waals surface area contributed by atoms with Crippen LogP contribution in [0.25, 0.3) is 0 Å². The Labute approximate surface area is 130 Å². The van der Waals surface area contributed by atoms with Crippen molar-refractivity contribution in [2.75, 3.05) is 23.3 Å². The van der Waals surface area contributed by atoms with Crippen molar-refractivity contribution in [3.8, 4) is 6.07 Å². The lowest BCUT2D eigenvalue weighted by Crippen LogP contribution is -2.30. The first-order valence-electron chi connectivity index (χ1n) is 7.66. The second kappa shape index (κ2) is 6.90. The molecule has 0 radical (unpaired) electrons. The molecule has 1 N–H and O–H groups in total. The Kier molecular flexibility index (Phi) is 4.50. The summed E-state index contributed by atoms with van der Waals surface area (Å²) in [6.07, 6.45) is 6.96. The molecule has 1 aromatic heterocycles. The van der Waals surface area contributed by atoms with Crippen molar-refractivity contribution in [1.29, 1.82) is 5.26 Å². The van der Waals surface area contributed by atoms with E-state index in [0.29, 0.717) is 18.1 Å². The highest BCUT2D eigenvalue weighted by Crippen LogP contribution is 2.24. The van der Waals surface area contributed by atoms with Gasteiger partial charge >= 0.3 is 0 Å². The fraction of sp³-hybridized carbons (Fsp3) is 0.353. The summed E-state index contributed by atoms with van der Waals surface area (Å²) in [6, 6.07) is 10.5. The number of nitriles is 1. The van der Waals surface area contributed by atoms with Crippen LogP contribution in [0.3, 0.4) is 0 Å². The largest absolute Gasteiger partial charge is 0.371 e. The van der Waals surface area contributed by atoms with E-state index in [9.17, 15) is 0 Å². The third-order valence-electron chi connectivity index (χ3n) is 3.94. The number of hydrogen-bond acceptors (Lipinski definition) is 5. The summed E-state index contributed by atoms with van der Waals surface area (Å²) in [5.74, 6) is 0.540. The van der Waals surface area contributed by atoms with Crippen LogP contribution in [0.15, 0.2) is 36.7 Å². The van der Waals surface area contributed by atoms with Gasteiger partial charge in [0, 0.05) is 37.7 Å². The molecule has 1 saturated heterocycles. The minimum absolute atomic E-state index is 0.331. The van der Waals surface area contributed by atoms with Crippen LogP contribution in [-0.4, -0.2) is 23.1 Å². The Morgan fingerprint density at radius 3 is 2.68 bits per heavy atom. The molecule has 0 spiro atoms. The molecule has 2 aromatic rings. The molecule has 0 saturated carbocycles. The number of benzene rings is 1. The lowest BCUT2D eigenvalue weighted by Gasteiger charge is -2.30. The second-order valence-corrected chi connectivity index (χ2v) is 5.40. The third-order valence-corrected chi connectivity index (χ3v) is 3.94. The number of rotatable bonds is 4. The molecule has 0 amide bonds. The highest BCUT2D eigenvalue weighted by Gasteiger charge is 2.14. The van der Waals surface area contributed by atoms with E-state index in [1.165, 1.54) is 36.7 Å². The molecule has 22 heavy (non-hydrogen) atoms. The zero-order valence-corrected chi connectivity index (χ0v) is 12.5. The average Bonchev–Trinajstić information content (AvgIpc) is 2.61. The molecule has 3 rings (SSSR count). The molecule has 1 aliphatic heterocycles. The van der Waals surface area contributed by atoms with Crippen molar-refractivity contribution < 1.29 is 0 Å². The predicted octanol–water partition coefficient (Wildman–Crippen LogP) is 2.95. The van der Waals surface area contributed by atoms with Crippen molar-refractivity contribution in [1.82, 2.24) is 9.97 Å². The first kappa shape index (κ1) is 14.3. The number of hydrogen-bond donors (Lipinski definition) is 1. The first-order valence-corrected chi connectivity index (χ1v) is 7.66. The lowest BCUT2D eigenvalue weighted by atomic mass is 10.1. The molecule has 0 bridgehead atoms. The number of nitrogens with one attached hydrogen (secondary N) is 1. The van der Waals surface area contributed by atoms with Gasteiger partial charge in [0.15, 0.2) is 11.5 Å². The van der Waals surface area contributed by atoms with Crippen molar-refractivity contribution in [3.05, 3.63) is 47.9 Å². The van der Waals surface area contributed by atoms with Crippen molar-refractivity contribution in [2.45, 2.75) is 25.8 Å². The van der Waals surface area contributed by atoms with E-state index in [1.807, 2.05) is 6.07 Å². The lowest BCUT2D eigenvalue weighted by molar-refractivity contribution is 0.576. The van der Waals surface area contributed by atoms with Crippen LogP contribution in [0.5, 0.6) is 0 Å². The summed E-state index contributed by atoms with van der Waals surface area (Å²) in [7, 11) is 0. The monoisotopic (exact) mass is 293 g/mol. The number of piperidine rings is 1. The predicted molar refractivity (Wildman–Crippen MR) is 86.6 cm³/mol. The normalized spacial score (nSPS) is 14.4. The van der Waals surface area contributed by atoms with Gasteiger partial charge in [-0.2, -0.15) is 5.26 Å². The SMILES string of the molecule is N#Cc1nccnc1NCc1ccccc1N1CCCCC1. The van der Waals surface area contributed by atoms with Gasteiger partial charge in [-0.05, 0) is 30.9 Å². The smallest absolute Gasteiger partial charge is 0.182 e. The van der Waals surface area contributed by atoms with Gasteiger partial charge in [0.05, 0.1) is 0 Å². The van der Waals surface area contributed by atoms with Crippen molar-refractivity contribution >= 4 is 11.5 Å². The van der Waals surface area contributed by atoms with Gasteiger partial charge in [-0.1, -0.05) is 18.2 Å². The van der Waals surface area contributed by atoms with Crippen LogP contribution < -0.4 is 10.2 Å². The van der Waals surface area contributed by atoms with E-state index in [-0.39, 0.29) is 0 Å². The van der Waals surface area contributed by atoms with Crippen molar-refractivity contribution in [3.63, 3.8) is 0 Å². The van der Waals surface area contributed by atoms with Gasteiger partial charge in [0.2, 0.25) is 0 Å². The first-order chi connectivity index (χ1) is 10.9. The fourth-order valence-corrected chi connectivity index (χ4v) is 2.83. The highest BCUT2D eigenvalue weighted by atomic mass is 15.1. The molecule has 1 fully saturated rings. The Morgan fingerprint density at radius 1 is 1.09 bits per heavy atom. The molecule has 5 heteroatoms. The third kappa shape index (κ3) is 3.17. The van der Waals surface area contributed by atoms with Crippen LogP contribution in [0.4, 0.5) is 11.5 Å². The minimum Gasteiger partial charge on any atom is -0.371 e. The average molecular weight is 293 g/mol. The van der Waals surface area contributed by atoms with Gasteiger partial charge in [-0.3, -0.25) is 0 Å². The Bertz CT molecular complexity index is 671. The van der Waals surface area contributed by atoms with Gasteiger partial charge in [-0.15, -0.1) is 0 Å². The fourth-order valence-electron chi connectivity index (χ4n) is 2.83. The Hall–Kier alpha value is -2.61. The summed E-state index contributed by atoms with van der Waals surface area (Å²) >= 11 is 0. The second-order valence-electron chi connectivity index (χ2n) is 5.40. The molecule has 0 atom stereocenters. The number of nitrogens with zero attached hydrogens (tertiary/aromatic N) is 4. The zero-order valence-electron chi connectivity index (χ0n) is 12.5. The standard InChI is InChI=1S/C17H19N5/c18-12-15-17(20-9-8-19-15)21-13-14-6-2-3-7-16(14)22-10-4-1-5-11-22/h2-3,6-9H,1,4-5,10-11,13H2,(H,20,21). The van der Waals surface area contributed by atoms with Gasteiger partial charge in [-0.25, -0.2) is 9.97 Å². The maximum absolute atomic E-state index is 9.07. The van der Waals surface area contributed by atoms with E-state index in [2.05, 4.69) is 44.5 Å². The molecule has 2 heterocycles. The van der Waals surface area contributed by atoms with E-state index >= 15 is 0 Å². The van der Waals surface area contributed by atoms with Crippen LogP contribution in [0, 0.1) is 11.3 Å². The number of para-hydroxylation sites is 1. The van der Waals surface area contributed by atoms with Gasteiger partial charge in [0.25, 0.3) is 0 Å².